The second kappa shape index (κ2) is 11.4. The number of ether oxygens (including phenoxy) is 2. The number of halogens is 3. The van der Waals surface area contributed by atoms with Gasteiger partial charge in [0.05, 0.1) is 13.2 Å². The molecule has 0 atom stereocenters. The van der Waals surface area contributed by atoms with Crippen molar-refractivity contribution in [3.63, 3.8) is 0 Å². The van der Waals surface area contributed by atoms with Gasteiger partial charge in [0, 0.05) is 12.7 Å². The molecule has 8 nitrogen and oxygen atoms in total. The van der Waals surface area contributed by atoms with E-state index in [-0.39, 0.29) is 47.6 Å². The van der Waals surface area contributed by atoms with Crippen molar-refractivity contribution in [1.82, 2.24) is 5.06 Å². The van der Waals surface area contributed by atoms with E-state index in [4.69, 9.17) is 9.47 Å². The number of benzene rings is 2. The Morgan fingerprint density at radius 3 is 2.26 bits per heavy atom. The van der Waals surface area contributed by atoms with Crippen molar-refractivity contribution < 1.29 is 76.0 Å². The number of hydroxylamine groups is 2. The summed E-state index contributed by atoms with van der Waals surface area (Å²) in [5, 5.41) is 0.161. The molecular weight excluding hydrogens is 669 g/mol. The number of methoxy groups -OCH3 is 1. The minimum absolute atomic E-state index is 0. The van der Waals surface area contributed by atoms with Gasteiger partial charge in [-0.25, -0.2) is 0 Å². The van der Waals surface area contributed by atoms with Crippen LogP contribution in [0.1, 0.15) is 20.7 Å². The maximum atomic E-state index is 12.4. The van der Waals surface area contributed by atoms with Gasteiger partial charge in [0.25, 0.3) is 11.8 Å². The van der Waals surface area contributed by atoms with Crippen molar-refractivity contribution >= 4 is 32.7 Å². The van der Waals surface area contributed by atoms with Crippen LogP contribution in [0.2, 0.25) is 0 Å². The topological polar surface area (TPSA) is 99.2 Å². The van der Waals surface area contributed by atoms with Gasteiger partial charge in [-0.3, -0.25) is 9.59 Å². The van der Waals surface area contributed by atoms with Crippen LogP contribution < -0.4 is 0 Å². The van der Waals surface area contributed by atoms with Crippen LogP contribution in [0.15, 0.2) is 30.3 Å². The minimum Gasteiger partial charge on any atom is -0.411 e. The molecule has 1 heterocycles. The van der Waals surface area contributed by atoms with E-state index in [9.17, 15) is 31.2 Å². The summed E-state index contributed by atoms with van der Waals surface area (Å²) in [5.41, 5.74) is -6.10. The molecule has 13 heteroatoms. The molecule has 0 saturated carbocycles. The third kappa shape index (κ3) is 6.28. The Bertz CT molecular complexity index is 989. The largest absolute Gasteiger partial charge is 2.00 e. The number of carbonyl (C=O) groups excluding carboxylic acids is 2. The molecule has 1 aliphatic heterocycles. The molecule has 2 aromatic rings. The molecule has 2 amide bonds. The van der Waals surface area contributed by atoms with Crippen molar-refractivity contribution in [2.24, 2.45) is 0 Å². The average molecular weight is 685 g/mol. The molecule has 31 heavy (non-hydrogen) atoms. The Kier molecular flexibility index (Phi) is 10.1. The molecule has 1 aliphatic rings. The van der Waals surface area contributed by atoms with E-state index < -0.39 is 32.5 Å². The molecule has 2 aromatic carbocycles. The number of rotatable bonds is 6. The van der Waals surface area contributed by atoms with Crippen LogP contribution >= 0.6 is 0 Å². The summed E-state index contributed by atoms with van der Waals surface area (Å²) in [6.07, 6.45) is 0. The number of hydrogen-bond donors (Lipinski definition) is 0. The minimum atomic E-state index is -6.16. The van der Waals surface area contributed by atoms with Gasteiger partial charge in [0.1, 0.15) is 0 Å². The van der Waals surface area contributed by atoms with Crippen molar-refractivity contribution in [2.45, 2.75) is 5.51 Å². The van der Waals surface area contributed by atoms with Crippen molar-refractivity contribution in [3.05, 3.63) is 54.4 Å². The maximum absolute atomic E-state index is 12.4. The molecule has 0 N–H and O–H groups in total. The third-order valence-electron chi connectivity index (χ3n) is 3.68. The molecule has 0 radical (unpaired) electrons. The SMILES string of the molecule is O=C1c2cc[c-]c3cccc(c23)C(=O)N1OS(=O)(=O)C(F)(F)F.[CH2-]COCCOC.[U+2]. The predicted molar refractivity (Wildman–Crippen MR) is 97.4 cm³/mol. The second-order valence-corrected chi connectivity index (χ2v) is 7.12. The fourth-order valence-electron chi connectivity index (χ4n) is 2.38. The van der Waals surface area contributed by atoms with E-state index >= 15 is 0 Å². The molecule has 0 bridgehead atoms. The Hall–Kier alpha value is -1.49. The molecule has 0 spiro atoms. The van der Waals surface area contributed by atoms with Crippen LogP contribution in [0.5, 0.6) is 0 Å². The molecule has 3 rings (SSSR count). The maximum Gasteiger partial charge on any atom is 2.00 e. The first-order chi connectivity index (χ1) is 14.0. The summed E-state index contributed by atoms with van der Waals surface area (Å²) in [5.74, 6) is -2.61. The summed E-state index contributed by atoms with van der Waals surface area (Å²) in [6, 6.07) is 9.50. The molecule has 0 saturated heterocycles. The normalized spacial score (nSPS) is 13.5. The summed E-state index contributed by atoms with van der Waals surface area (Å²) in [6.45, 7) is 5.33. The first kappa shape index (κ1) is 27.5. The van der Waals surface area contributed by atoms with Crippen molar-refractivity contribution in [1.29, 1.82) is 0 Å². The number of alkyl halides is 3. The van der Waals surface area contributed by atoms with Crippen LogP contribution in [0.3, 0.4) is 0 Å². The smallest absolute Gasteiger partial charge is 0.411 e. The van der Waals surface area contributed by atoms with Gasteiger partial charge in [0.15, 0.2) is 0 Å². The first-order valence-electron chi connectivity index (χ1n) is 8.24. The molecule has 166 valence electrons. The van der Waals surface area contributed by atoms with E-state index in [0.29, 0.717) is 25.2 Å². The molecule has 0 aliphatic carbocycles. The monoisotopic (exact) mass is 685 g/mol. The van der Waals surface area contributed by atoms with E-state index in [1.807, 2.05) is 0 Å². The quantitative estimate of drug-likeness (QED) is 0.200. The van der Waals surface area contributed by atoms with Crippen LogP contribution in [-0.2, 0) is 23.9 Å². The zero-order valence-corrected chi connectivity index (χ0v) is 21.0. The van der Waals surface area contributed by atoms with Gasteiger partial charge in [-0.05, 0) is 5.56 Å². The van der Waals surface area contributed by atoms with Crippen LogP contribution in [0.4, 0.5) is 13.2 Å². The van der Waals surface area contributed by atoms with Crippen LogP contribution in [-0.4, -0.2) is 57.7 Å². The average Bonchev–Trinajstić information content (AvgIpc) is 2.69. The Morgan fingerprint density at radius 2 is 1.71 bits per heavy atom. The Labute approximate surface area is 200 Å². The van der Waals surface area contributed by atoms with Gasteiger partial charge in [-0.2, -0.15) is 21.6 Å². The number of carbonyl (C=O) groups is 2. The molecule has 0 fully saturated rings. The summed E-state index contributed by atoms with van der Waals surface area (Å²) >= 11 is 0. The molecular formula is C18H16F3NO7SU. The van der Waals surface area contributed by atoms with Gasteiger partial charge in [-0.1, -0.05) is 18.1 Å². The van der Waals surface area contributed by atoms with E-state index in [2.05, 4.69) is 17.3 Å². The van der Waals surface area contributed by atoms with E-state index in [0.717, 1.165) is 0 Å². The van der Waals surface area contributed by atoms with Gasteiger partial charge in [0.2, 0.25) is 0 Å². The fourth-order valence-corrected chi connectivity index (χ4v) is 2.80. The van der Waals surface area contributed by atoms with E-state index in [1.54, 1.807) is 13.2 Å². The van der Waals surface area contributed by atoms with E-state index in [1.165, 1.54) is 24.3 Å². The van der Waals surface area contributed by atoms with Crippen molar-refractivity contribution in [3.8, 4) is 0 Å². The van der Waals surface area contributed by atoms with Crippen molar-refractivity contribution in [2.75, 3.05) is 26.9 Å². The molecule has 0 unspecified atom stereocenters. The third-order valence-corrected chi connectivity index (χ3v) is 4.60. The predicted octanol–water partition coefficient (Wildman–Crippen LogP) is 2.50. The summed E-state index contributed by atoms with van der Waals surface area (Å²) in [7, 11) is -4.51. The number of hydrogen-bond acceptors (Lipinski definition) is 7. The molecule has 0 aromatic heterocycles. The van der Waals surface area contributed by atoms with Gasteiger partial charge >= 0.3 is 46.7 Å². The number of amides is 2. The standard InChI is InChI=1S/C13H5F3NO5S.C5H11O2.U/c14-13(15,16)23(20,21)22-17-11(18)8-5-1-3-7-4-2-6-9(10(7)8)12(17)19;1-3-7-5-4-6-2;/h1-3,5-6H;1,3-5H2,2H3;/q2*-1;+2. The van der Waals surface area contributed by atoms with Crippen LogP contribution in [0, 0.1) is 44.1 Å². The zero-order valence-electron chi connectivity index (χ0n) is 16.1. The Morgan fingerprint density at radius 1 is 1.10 bits per heavy atom. The number of nitrogens with zero attached hydrogens (tertiary/aromatic N) is 1. The van der Waals surface area contributed by atoms with Crippen LogP contribution in [0.25, 0.3) is 10.8 Å². The fraction of sp³-hybridized carbons (Fsp3) is 0.278. The summed E-state index contributed by atoms with van der Waals surface area (Å²) < 4.78 is 72.6. The van der Waals surface area contributed by atoms with Gasteiger partial charge in [-0.15, -0.1) is 45.1 Å². The Balaban J connectivity index is 0.000000523. The summed E-state index contributed by atoms with van der Waals surface area (Å²) in [4.78, 5) is 24.3. The zero-order chi connectivity index (χ0) is 22.5. The number of imide groups is 1. The first-order valence-corrected chi connectivity index (χ1v) is 9.65. The second-order valence-electron chi connectivity index (χ2n) is 5.60. The van der Waals surface area contributed by atoms with Gasteiger partial charge < -0.3 is 16.4 Å².